The van der Waals surface area contributed by atoms with E-state index in [1.165, 1.54) is 29.5 Å². The van der Waals surface area contributed by atoms with Gasteiger partial charge in [0, 0.05) is 12.6 Å². The fourth-order valence-corrected chi connectivity index (χ4v) is 3.06. The van der Waals surface area contributed by atoms with Crippen molar-refractivity contribution in [3.63, 3.8) is 0 Å². The number of nitrogens with one attached hydrogen (secondary N) is 1. The third kappa shape index (κ3) is 4.07. The molecule has 0 bridgehead atoms. The molecule has 2 N–H and O–H groups in total. The molecular formula is C18H29NO. The van der Waals surface area contributed by atoms with Crippen molar-refractivity contribution in [3.8, 4) is 0 Å². The maximum atomic E-state index is 10.7. The second-order valence-corrected chi connectivity index (χ2v) is 6.58. The van der Waals surface area contributed by atoms with Crippen LogP contribution in [0.4, 0.5) is 0 Å². The van der Waals surface area contributed by atoms with E-state index in [0.717, 1.165) is 25.7 Å². The minimum absolute atomic E-state index is 0.293. The third-order valence-corrected chi connectivity index (χ3v) is 4.80. The van der Waals surface area contributed by atoms with Gasteiger partial charge in [-0.15, -0.1) is 0 Å². The van der Waals surface area contributed by atoms with Crippen LogP contribution in [0.3, 0.4) is 0 Å². The Morgan fingerprint density at radius 1 is 1.10 bits per heavy atom. The highest BCUT2D eigenvalue weighted by molar-refractivity contribution is 5.31. The molecule has 0 heterocycles. The highest BCUT2D eigenvalue weighted by Gasteiger charge is 2.28. The molecule has 2 rings (SSSR count). The first-order chi connectivity index (χ1) is 9.50. The monoisotopic (exact) mass is 275 g/mol. The number of rotatable bonds is 4. The Balaban J connectivity index is 1.93. The Hall–Kier alpha value is -0.860. The maximum Gasteiger partial charge on any atom is 0.0771 e. The first-order valence-corrected chi connectivity index (χ1v) is 8.03. The van der Waals surface area contributed by atoms with Gasteiger partial charge in [-0.1, -0.05) is 43.9 Å². The van der Waals surface area contributed by atoms with E-state index in [0.29, 0.717) is 12.6 Å². The molecule has 0 saturated heterocycles. The smallest absolute Gasteiger partial charge is 0.0771 e. The zero-order chi connectivity index (χ0) is 14.6. The summed E-state index contributed by atoms with van der Waals surface area (Å²) in [5.41, 5.74) is 3.49. The van der Waals surface area contributed by atoms with E-state index in [-0.39, 0.29) is 0 Å². The lowest BCUT2D eigenvalue weighted by molar-refractivity contribution is 0.0231. The van der Waals surface area contributed by atoms with Gasteiger partial charge in [0.15, 0.2) is 0 Å². The Labute approximate surface area is 123 Å². The molecule has 1 atom stereocenters. The third-order valence-electron chi connectivity index (χ3n) is 4.80. The maximum absolute atomic E-state index is 10.7. The molecule has 0 aliphatic heterocycles. The van der Waals surface area contributed by atoms with Crippen LogP contribution in [0.15, 0.2) is 18.2 Å². The summed E-state index contributed by atoms with van der Waals surface area (Å²) in [5.74, 6) is 0. The van der Waals surface area contributed by atoms with E-state index in [1.807, 2.05) is 0 Å². The minimum Gasteiger partial charge on any atom is -0.389 e. The quantitative estimate of drug-likeness (QED) is 0.813. The van der Waals surface area contributed by atoms with Gasteiger partial charge >= 0.3 is 0 Å². The molecule has 1 aliphatic rings. The summed E-state index contributed by atoms with van der Waals surface area (Å²) < 4.78 is 0. The van der Waals surface area contributed by atoms with Gasteiger partial charge < -0.3 is 10.4 Å². The van der Waals surface area contributed by atoms with Crippen molar-refractivity contribution in [3.05, 3.63) is 34.9 Å². The lowest BCUT2D eigenvalue weighted by Crippen LogP contribution is -2.41. The fourth-order valence-electron chi connectivity index (χ4n) is 3.06. The van der Waals surface area contributed by atoms with Crippen LogP contribution < -0.4 is 5.32 Å². The van der Waals surface area contributed by atoms with E-state index in [4.69, 9.17) is 0 Å². The second kappa shape index (κ2) is 6.73. The van der Waals surface area contributed by atoms with Gasteiger partial charge in [-0.3, -0.25) is 0 Å². The molecule has 2 nitrogen and oxygen atoms in total. The summed E-state index contributed by atoms with van der Waals surface area (Å²) in [6, 6.07) is 6.92. The van der Waals surface area contributed by atoms with Crippen LogP contribution >= 0.6 is 0 Å². The highest BCUT2D eigenvalue weighted by Crippen LogP contribution is 2.27. The molecule has 20 heavy (non-hydrogen) atoms. The molecule has 0 aromatic heterocycles. The van der Waals surface area contributed by atoms with E-state index < -0.39 is 5.60 Å². The molecule has 1 aromatic carbocycles. The largest absolute Gasteiger partial charge is 0.389 e. The lowest BCUT2D eigenvalue weighted by Gasteiger charge is -2.29. The van der Waals surface area contributed by atoms with Gasteiger partial charge in [-0.2, -0.15) is 0 Å². The Morgan fingerprint density at radius 3 is 2.35 bits per heavy atom. The van der Waals surface area contributed by atoms with Crippen molar-refractivity contribution in [1.29, 1.82) is 0 Å². The number of aliphatic hydroxyl groups is 1. The topological polar surface area (TPSA) is 32.3 Å². The number of benzene rings is 1. The normalized spacial score (nSPS) is 20.4. The van der Waals surface area contributed by atoms with E-state index in [9.17, 15) is 5.11 Å². The molecule has 112 valence electrons. The standard InChI is InChI=1S/C18H29NO/c1-14-8-9-17(12-15(14)2)16(3)19-13-18(20)10-6-4-5-7-11-18/h8-9,12,16,19-20H,4-7,10-11,13H2,1-3H3. The van der Waals surface area contributed by atoms with Gasteiger partial charge in [0.05, 0.1) is 5.60 Å². The molecule has 1 fully saturated rings. The van der Waals surface area contributed by atoms with Crippen LogP contribution in [0.1, 0.15) is 68.2 Å². The predicted molar refractivity (Wildman–Crippen MR) is 85.0 cm³/mol. The summed E-state index contributed by atoms with van der Waals surface area (Å²) in [7, 11) is 0. The summed E-state index contributed by atoms with van der Waals surface area (Å²) in [6.45, 7) is 7.20. The van der Waals surface area contributed by atoms with Crippen LogP contribution in [-0.4, -0.2) is 17.3 Å². The molecule has 1 aromatic rings. The average molecular weight is 275 g/mol. The van der Waals surface area contributed by atoms with Gasteiger partial charge in [0.1, 0.15) is 0 Å². The van der Waals surface area contributed by atoms with Crippen molar-refractivity contribution in [1.82, 2.24) is 5.32 Å². The molecule has 1 unspecified atom stereocenters. The molecule has 0 spiro atoms. The van der Waals surface area contributed by atoms with E-state index in [2.05, 4.69) is 44.3 Å². The predicted octanol–water partition coefficient (Wildman–Crippen LogP) is 4.04. The Bertz CT molecular complexity index is 433. The van der Waals surface area contributed by atoms with Gasteiger partial charge in [-0.05, 0) is 50.3 Å². The van der Waals surface area contributed by atoms with Crippen molar-refractivity contribution in [2.45, 2.75) is 70.9 Å². The fraction of sp³-hybridized carbons (Fsp3) is 0.667. The first kappa shape index (κ1) is 15.5. The summed E-state index contributed by atoms with van der Waals surface area (Å²) in [4.78, 5) is 0. The summed E-state index contributed by atoms with van der Waals surface area (Å²) in [6.07, 6.45) is 6.76. The summed E-state index contributed by atoms with van der Waals surface area (Å²) >= 11 is 0. The van der Waals surface area contributed by atoms with Crippen LogP contribution in [-0.2, 0) is 0 Å². The minimum atomic E-state index is -0.496. The van der Waals surface area contributed by atoms with Gasteiger partial charge in [0.2, 0.25) is 0 Å². The molecule has 0 radical (unpaired) electrons. The highest BCUT2D eigenvalue weighted by atomic mass is 16.3. The average Bonchev–Trinajstić information content (AvgIpc) is 2.65. The van der Waals surface area contributed by atoms with Crippen molar-refractivity contribution in [2.24, 2.45) is 0 Å². The second-order valence-electron chi connectivity index (χ2n) is 6.58. The molecule has 0 amide bonds. The zero-order valence-corrected chi connectivity index (χ0v) is 13.2. The van der Waals surface area contributed by atoms with E-state index in [1.54, 1.807) is 0 Å². The summed E-state index contributed by atoms with van der Waals surface area (Å²) in [5, 5.41) is 14.2. The molecule has 1 aliphatic carbocycles. The zero-order valence-electron chi connectivity index (χ0n) is 13.2. The molecular weight excluding hydrogens is 246 g/mol. The lowest BCUT2D eigenvalue weighted by atomic mass is 9.93. The van der Waals surface area contributed by atoms with Crippen LogP contribution in [0.2, 0.25) is 0 Å². The SMILES string of the molecule is Cc1ccc(C(C)NCC2(O)CCCCCC2)cc1C. The Morgan fingerprint density at radius 2 is 1.75 bits per heavy atom. The van der Waals surface area contributed by atoms with Crippen LogP contribution in [0.25, 0.3) is 0 Å². The Kier molecular flexibility index (Phi) is 5.22. The van der Waals surface area contributed by atoms with Crippen molar-refractivity contribution >= 4 is 0 Å². The van der Waals surface area contributed by atoms with Crippen LogP contribution in [0, 0.1) is 13.8 Å². The van der Waals surface area contributed by atoms with Crippen molar-refractivity contribution < 1.29 is 5.11 Å². The number of hydrogen-bond donors (Lipinski definition) is 2. The number of hydrogen-bond acceptors (Lipinski definition) is 2. The van der Waals surface area contributed by atoms with E-state index >= 15 is 0 Å². The first-order valence-electron chi connectivity index (χ1n) is 8.03. The van der Waals surface area contributed by atoms with Gasteiger partial charge in [0.25, 0.3) is 0 Å². The molecule has 1 saturated carbocycles. The molecule has 2 heteroatoms. The number of aryl methyl sites for hydroxylation is 2. The van der Waals surface area contributed by atoms with Crippen LogP contribution in [0.5, 0.6) is 0 Å². The van der Waals surface area contributed by atoms with Gasteiger partial charge in [-0.25, -0.2) is 0 Å². The van der Waals surface area contributed by atoms with Crippen molar-refractivity contribution in [2.75, 3.05) is 6.54 Å².